The van der Waals surface area contributed by atoms with Crippen LogP contribution in [0.1, 0.15) is 21.6 Å². The van der Waals surface area contributed by atoms with Gasteiger partial charge in [0.2, 0.25) is 0 Å². The predicted octanol–water partition coefficient (Wildman–Crippen LogP) is 3.79. The molecule has 8 nitrogen and oxygen atoms in total. The molecule has 4 rings (SSSR count). The lowest BCUT2D eigenvalue weighted by Gasteiger charge is -2.13. The summed E-state index contributed by atoms with van der Waals surface area (Å²) in [6, 6.07) is 6.45. The number of alkyl halides is 3. The van der Waals surface area contributed by atoms with Gasteiger partial charge in [-0.05, 0) is 37.3 Å². The number of anilines is 1. The van der Waals surface area contributed by atoms with E-state index in [1.165, 1.54) is 27.7 Å². The van der Waals surface area contributed by atoms with Gasteiger partial charge in [0.1, 0.15) is 11.4 Å². The molecule has 0 unspecified atom stereocenters. The van der Waals surface area contributed by atoms with Crippen LogP contribution in [0.25, 0.3) is 22.6 Å². The molecule has 31 heavy (non-hydrogen) atoms. The molecule has 3 heterocycles. The van der Waals surface area contributed by atoms with Crippen molar-refractivity contribution in [3.05, 3.63) is 59.5 Å². The Balaban J connectivity index is 1.70. The van der Waals surface area contributed by atoms with Gasteiger partial charge >= 0.3 is 6.18 Å². The number of carbonyl (C=O) groups excluding carboxylic acids is 1. The van der Waals surface area contributed by atoms with Crippen LogP contribution in [0.4, 0.5) is 18.9 Å². The molecule has 3 aromatic heterocycles. The number of aromatic nitrogens is 6. The first-order valence-electron chi connectivity index (χ1n) is 9.20. The number of aromatic amines is 1. The summed E-state index contributed by atoms with van der Waals surface area (Å²) in [5.41, 5.74) is 1.33. The first kappa shape index (κ1) is 20.4. The molecule has 0 aliphatic rings. The molecule has 2 N–H and O–H groups in total. The second kappa shape index (κ2) is 7.42. The molecule has 11 heteroatoms. The number of aryl methyl sites for hydroxylation is 3. The monoisotopic (exact) mass is 429 g/mol. The van der Waals surface area contributed by atoms with Gasteiger partial charge in [0.25, 0.3) is 5.91 Å². The van der Waals surface area contributed by atoms with Gasteiger partial charge in [0.05, 0.1) is 16.9 Å². The Morgan fingerprint density at radius 2 is 1.84 bits per heavy atom. The highest BCUT2D eigenvalue weighted by molar-refractivity contribution is 6.06. The van der Waals surface area contributed by atoms with Crippen molar-refractivity contribution >= 4 is 11.6 Å². The van der Waals surface area contributed by atoms with Crippen LogP contribution in [0, 0.1) is 6.92 Å². The van der Waals surface area contributed by atoms with Gasteiger partial charge in [-0.1, -0.05) is 0 Å². The van der Waals surface area contributed by atoms with E-state index in [-0.39, 0.29) is 16.8 Å². The van der Waals surface area contributed by atoms with Crippen LogP contribution < -0.4 is 5.32 Å². The largest absolute Gasteiger partial charge is 0.417 e. The molecule has 0 radical (unpaired) electrons. The summed E-state index contributed by atoms with van der Waals surface area (Å²) in [6.07, 6.45) is -1.45. The summed E-state index contributed by atoms with van der Waals surface area (Å²) in [7, 11) is 3.30. The fraction of sp³-hybridized carbons (Fsp3) is 0.200. The highest BCUT2D eigenvalue weighted by Crippen LogP contribution is 2.37. The molecule has 0 saturated heterocycles. The average molecular weight is 429 g/mol. The fourth-order valence-corrected chi connectivity index (χ4v) is 3.21. The molecule has 0 atom stereocenters. The number of carbonyl (C=O) groups is 1. The highest BCUT2D eigenvalue weighted by Gasteiger charge is 2.34. The number of H-pyrrole nitrogens is 1. The maximum atomic E-state index is 13.5. The maximum Gasteiger partial charge on any atom is 0.417 e. The Hall–Kier alpha value is -3.89. The van der Waals surface area contributed by atoms with E-state index in [2.05, 4.69) is 25.7 Å². The van der Waals surface area contributed by atoms with Crippen molar-refractivity contribution in [3.63, 3.8) is 0 Å². The lowest BCUT2D eigenvalue weighted by atomic mass is 10.0. The smallest absolute Gasteiger partial charge is 0.319 e. The summed E-state index contributed by atoms with van der Waals surface area (Å²) in [5, 5.41) is 18.0. The Kier molecular flexibility index (Phi) is 4.88. The van der Waals surface area contributed by atoms with Crippen molar-refractivity contribution in [2.45, 2.75) is 13.1 Å². The van der Waals surface area contributed by atoms with Crippen molar-refractivity contribution in [1.82, 2.24) is 29.8 Å². The molecule has 0 saturated carbocycles. The highest BCUT2D eigenvalue weighted by atomic mass is 19.4. The minimum Gasteiger partial charge on any atom is -0.319 e. The molecule has 1 amide bonds. The Labute approximate surface area is 174 Å². The zero-order chi connectivity index (χ0) is 22.3. The molecule has 0 aliphatic carbocycles. The normalized spacial score (nSPS) is 11.7. The standard InChI is InChI=1S/C20H18F3N7O/c1-11-8-16(26-25-11)18-17(10-30(3)28-18)24-19(31)12-4-5-14(20(21,22)23)13(9-12)15-6-7-29(2)27-15/h4-10H,1-3H3,(H,24,31)(H,25,26). The van der Waals surface area contributed by atoms with Crippen LogP contribution in [0.5, 0.6) is 0 Å². The first-order chi connectivity index (χ1) is 14.6. The van der Waals surface area contributed by atoms with Gasteiger partial charge < -0.3 is 5.32 Å². The number of nitrogens with one attached hydrogen (secondary N) is 2. The summed E-state index contributed by atoms with van der Waals surface area (Å²) in [6.45, 7) is 1.83. The summed E-state index contributed by atoms with van der Waals surface area (Å²) >= 11 is 0. The third kappa shape index (κ3) is 4.06. The van der Waals surface area contributed by atoms with Crippen molar-refractivity contribution < 1.29 is 18.0 Å². The van der Waals surface area contributed by atoms with Gasteiger partial charge in [0, 0.05) is 43.3 Å². The predicted molar refractivity (Wildman–Crippen MR) is 107 cm³/mol. The third-order valence-corrected chi connectivity index (χ3v) is 4.60. The van der Waals surface area contributed by atoms with Crippen molar-refractivity contribution in [2.24, 2.45) is 14.1 Å². The molecule has 0 spiro atoms. The van der Waals surface area contributed by atoms with Crippen molar-refractivity contribution in [1.29, 1.82) is 0 Å². The lowest BCUT2D eigenvalue weighted by molar-refractivity contribution is -0.137. The molecule has 0 fully saturated rings. The van der Waals surface area contributed by atoms with Crippen LogP contribution in [-0.2, 0) is 20.3 Å². The van der Waals surface area contributed by atoms with Gasteiger partial charge in [0.15, 0.2) is 0 Å². The van der Waals surface area contributed by atoms with Gasteiger partial charge in [-0.3, -0.25) is 19.3 Å². The number of hydrogen-bond donors (Lipinski definition) is 2. The van der Waals surface area contributed by atoms with Crippen molar-refractivity contribution in [3.8, 4) is 22.6 Å². The third-order valence-electron chi connectivity index (χ3n) is 4.60. The van der Waals surface area contributed by atoms with Crippen molar-refractivity contribution in [2.75, 3.05) is 5.32 Å². The van der Waals surface area contributed by atoms with Crippen LogP contribution in [0.2, 0.25) is 0 Å². The average Bonchev–Trinajstić information content (AvgIpc) is 3.40. The first-order valence-corrected chi connectivity index (χ1v) is 9.20. The van der Waals surface area contributed by atoms with Crippen LogP contribution >= 0.6 is 0 Å². The number of hydrogen-bond acceptors (Lipinski definition) is 4. The number of amides is 1. The second-order valence-corrected chi connectivity index (χ2v) is 7.09. The van der Waals surface area contributed by atoms with E-state index < -0.39 is 17.6 Å². The minimum absolute atomic E-state index is 0.0571. The van der Waals surface area contributed by atoms with Gasteiger partial charge in [-0.15, -0.1) is 0 Å². The second-order valence-electron chi connectivity index (χ2n) is 7.09. The quantitative estimate of drug-likeness (QED) is 0.516. The molecular formula is C20H18F3N7O. The van der Waals surface area contributed by atoms with E-state index in [0.29, 0.717) is 17.1 Å². The SMILES string of the molecule is Cc1cc(-c2nn(C)cc2NC(=O)c2ccc(C(F)(F)F)c(-c3ccn(C)n3)c2)n[nH]1. The number of halogens is 3. The van der Waals surface area contributed by atoms with E-state index in [0.717, 1.165) is 17.8 Å². The lowest BCUT2D eigenvalue weighted by Crippen LogP contribution is -2.14. The summed E-state index contributed by atoms with van der Waals surface area (Å²) in [5.74, 6) is -0.576. The Morgan fingerprint density at radius 1 is 1.06 bits per heavy atom. The number of nitrogens with zero attached hydrogens (tertiary/aromatic N) is 5. The number of benzene rings is 1. The van der Waals surface area contributed by atoms with Crippen LogP contribution in [0.3, 0.4) is 0 Å². The number of rotatable bonds is 4. The van der Waals surface area contributed by atoms with E-state index in [9.17, 15) is 18.0 Å². The zero-order valence-corrected chi connectivity index (χ0v) is 16.8. The van der Waals surface area contributed by atoms with Gasteiger partial charge in [-0.2, -0.15) is 28.5 Å². The molecule has 0 bridgehead atoms. The maximum absolute atomic E-state index is 13.5. The summed E-state index contributed by atoms with van der Waals surface area (Å²) in [4.78, 5) is 12.9. The molecule has 0 aliphatic heterocycles. The molecular weight excluding hydrogens is 411 g/mol. The fourth-order valence-electron chi connectivity index (χ4n) is 3.21. The van der Waals surface area contributed by atoms with Gasteiger partial charge in [-0.25, -0.2) is 0 Å². The van der Waals surface area contributed by atoms with E-state index >= 15 is 0 Å². The minimum atomic E-state index is -4.59. The Morgan fingerprint density at radius 3 is 2.45 bits per heavy atom. The molecule has 4 aromatic rings. The van der Waals surface area contributed by atoms with E-state index in [4.69, 9.17) is 0 Å². The van der Waals surface area contributed by atoms with E-state index in [1.807, 2.05) is 6.92 Å². The molecule has 1 aromatic carbocycles. The topological polar surface area (TPSA) is 93.4 Å². The molecule has 160 valence electrons. The van der Waals surface area contributed by atoms with E-state index in [1.54, 1.807) is 26.4 Å². The van der Waals surface area contributed by atoms with Crippen LogP contribution in [-0.4, -0.2) is 35.7 Å². The zero-order valence-electron chi connectivity index (χ0n) is 16.8. The van der Waals surface area contributed by atoms with Crippen LogP contribution in [0.15, 0.2) is 42.7 Å². The Bertz CT molecular complexity index is 1270. The summed E-state index contributed by atoms with van der Waals surface area (Å²) < 4.78 is 43.4.